The predicted octanol–water partition coefficient (Wildman–Crippen LogP) is 0.684. The summed E-state index contributed by atoms with van der Waals surface area (Å²) in [5.74, 6) is 0.641. The number of amides is 1. The summed E-state index contributed by atoms with van der Waals surface area (Å²) in [4.78, 5) is 16.0. The smallest absolute Gasteiger partial charge is 0.260 e. The first kappa shape index (κ1) is 17.6. The molecule has 26 heavy (non-hydrogen) atoms. The molecule has 2 N–H and O–H groups in total. The van der Waals surface area contributed by atoms with E-state index in [0.717, 1.165) is 6.34 Å². The molecule has 2 aromatic rings. The first-order valence-corrected chi connectivity index (χ1v) is 8.13. The van der Waals surface area contributed by atoms with Gasteiger partial charge in [-0.1, -0.05) is 0 Å². The molecule has 1 aromatic carbocycles. The minimum Gasteiger partial charge on any atom is -0.484 e. The van der Waals surface area contributed by atoms with E-state index in [1.54, 1.807) is 17.0 Å². The number of hydrogen-bond donors (Lipinski definition) is 2. The van der Waals surface area contributed by atoms with Crippen molar-refractivity contribution in [3.63, 3.8) is 0 Å². The Morgan fingerprint density at radius 3 is 2.50 bits per heavy atom. The number of hydrogen-bond acceptors (Lipinski definition) is 6. The fourth-order valence-corrected chi connectivity index (χ4v) is 2.65. The molecular weight excluding hydrogens is 339 g/mol. The summed E-state index contributed by atoms with van der Waals surface area (Å²) >= 11 is 0. The molecule has 1 fully saturated rings. The number of carbonyl (C=O) groups is 1. The van der Waals surface area contributed by atoms with Crippen molar-refractivity contribution in [1.82, 2.24) is 14.7 Å². The Morgan fingerprint density at radius 1 is 1.15 bits per heavy atom. The maximum absolute atomic E-state index is 12.9. The zero-order chi connectivity index (χ0) is 18.5. The van der Waals surface area contributed by atoms with Gasteiger partial charge in [-0.05, 0) is 36.4 Å². The van der Waals surface area contributed by atoms with Crippen LogP contribution in [-0.4, -0.2) is 59.7 Å². The molecule has 1 amide bonds. The highest BCUT2D eigenvalue weighted by Gasteiger charge is 2.22. The molecular formula is C17H19FN6O2. The number of halogens is 1. The Hall–Kier alpha value is -3.23. The Kier molecular flexibility index (Phi) is 5.26. The van der Waals surface area contributed by atoms with Crippen LogP contribution in [0.1, 0.15) is 0 Å². The van der Waals surface area contributed by atoms with Gasteiger partial charge in [0.2, 0.25) is 0 Å². The third-order valence-corrected chi connectivity index (χ3v) is 4.10. The van der Waals surface area contributed by atoms with E-state index in [-0.39, 0.29) is 23.8 Å². The maximum atomic E-state index is 12.9. The average Bonchev–Trinajstić information content (AvgIpc) is 2.68. The lowest BCUT2D eigenvalue weighted by molar-refractivity contribution is -0.133. The van der Waals surface area contributed by atoms with Crippen molar-refractivity contribution in [3.05, 3.63) is 47.7 Å². The summed E-state index contributed by atoms with van der Waals surface area (Å²) in [6.07, 6.45) is 0.985. The quantitative estimate of drug-likeness (QED) is 0.607. The number of rotatable bonds is 5. The van der Waals surface area contributed by atoms with E-state index in [1.165, 1.54) is 28.9 Å². The topological polar surface area (TPSA) is 98.3 Å². The van der Waals surface area contributed by atoms with E-state index in [4.69, 9.17) is 15.6 Å². The summed E-state index contributed by atoms with van der Waals surface area (Å²) in [6, 6.07) is 8.86. The van der Waals surface area contributed by atoms with E-state index < -0.39 is 0 Å². The molecule has 0 aliphatic carbocycles. The van der Waals surface area contributed by atoms with Crippen molar-refractivity contribution in [2.24, 2.45) is 0 Å². The maximum Gasteiger partial charge on any atom is 0.260 e. The molecule has 0 radical (unpaired) electrons. The summed E-state index contributed by atoms with van der Waals surface area (Å²) in [6.45, 7) is 2.17. The minimum atomic E-state index is -0.351. The van der Waals surface area contributed by atoms with E-state index >= 15 is 0 Å². The second-order valence-electron chi connectivity index (χ2n) is 5.76. The number of carbonyl (C=O) groups excluding carboxylic acids is 1. The minimum absolute atomic E-state index is 0.0920. The van der Waals surface area contributed by atoms with Crippen LogP contribution in [-0.2, 0) is 4.79 Å². The van der Waals surface area contributed by atoms with Crippen LogP contribution in [0.3, 0.4) is 0 Å². The molecule has 0 bridgehead atoms. The molecule has 0 spiro atoms. The van der Waals surface area contributed by atoms with Gasteiger partial charge in [-0.25, -0.2) is 9.07 Å². The molecule has 0 saturated carbocycles. The zero-order valence-electron chi connectivity index (χ0n) is 14.1. The number of nitrogens with zero attached hydrogens (tertiary/aromatic N) is 4. The van der Waals surface area contributed by atoms with Gasteiger partial charge in [0.25, 0.3) is 5.91 Å². The van der Waals surface area contributed by atoms with E-state index in [1.807, 2.05) is 4.90 Å². The van der Waals surface area contributed by atoms with E-state index in [2.05, 4.69) is 5.10 Å². The molecule has 0 unspecified atom stereocenters. The van der Waals surface area contributed by atoms with Gasteiger partial charge in [-0.2, -0.15) is 0 Å². The molecule has 1 saturated heterocycles. The molecule has 0 atom stereocenters. The normalized spacial score (nSPS) is 14.2. The lowest BCUT2D eigenvalue weighted by Crippen LogP contribution is -2.50. The molecule has 9 heteroatoms. The molecule has 136 valence electrons. The van der Waals surface area contributed by atoms with Crippen molar-refractivity contribution in [2.45, 2.75) is 0 Å². The summed E-state index contributed by atoms with van der Waals surface area (Å²) in [5, 5.41) is 19.1. The number of piperazine rings is 1. The lowest BCUT2D eigenvalue weighted by Gasteiger charge is -2.35. The van der Waals surface area contributed by atoms with Crippen LogP contribution >= 0.6 is 0 Å². The van der Waals surface area contributed by atoms with Gasteiger partial charge < -0.3 is 14.5 Å². The zero-order valence-corrected chi connectivity index (χ0v) is 14.1. The highest BCUT2D eigenvalue weighted by Crippen LogP contribution is 2.13. The number of aromatic nitrogens is 2. The van der Waals surface area contributed by atoms with Crippen LogP contribution in [0.4, 0.5) is 10.2 Å². The molecule has 8 nitrogen and oxygen atoms in total. The second-order valence-corrected chi connectivity index (χ2v) is 5.76. The number of benzene rings is 1. The number of ether oxygens (including phenoxy) is 1. The van der Waals surface area contributed by atoms with E-state index in [9.17, 15) is 9.18 Å². The Labute approximate surface area is 149 Å². The first-order valence-electron chi connectivity index (χ1n) is 8.13. The van der Waals surface area contributed by atoms with Gasteiger partial charge in [-0.15, -0.1) is 5.10 Å². The SMILES string of the molecule is N=Cn1nc(N2CCN(C(=O)COc3ccc(F)cc3)CC2)ccc1=N. The number of anilines is 1. The second kappa shape index (κ2) is 7.77. The van der Waals surface area contributed by atoms with Gasteiger partial charge in [0, 0.05) is 26.2 Å². The Morgan fingerprint density at radius 2 is 1.85 bits per heavy atom. The lowest BCUT2D eigenvalue weighted by atomic mass is 10.3. The Bertz CT molecular complexity index is 843. The largest absolute Gasteiger partial charge is 0.484 e. The fraction of sp³-hybridized carbons (Fsp3) is 0.294. The highest BCUT2D eigenvalue weighted by molar-refractivity contribution is 5.78. The standard InChI is InChI=1S/C17H19FN6O2/c18-13-1-3-14(4-2-13)26-11-17(25)23-9-7-22(8-10-23)16-6-5-15(20)24(12-19)21-16/h1-6,12,19-20H,7-11H2. The van der Waals surface area contributed by atoms with Gasteiger partial charge >= 0.3 is 0 Å². The van der Waals surface area contributed by atoms with Gasteiger partial charge in [0.1, 0.15) is 29.2 Å². The third kappa shape index (κ3) is 4.05. The molecule has 1 aliphatic heterocycles. The monoisotopic (exact) mass is 358 g/mol. The third-order valence-electron chi connectivity index (χ3n) is 4.10. The van der Waals surface area contributed by atoms with Crippen molar-refractivity contribution >= 4 is 18.1 Å². The Balaban J connectivity index is 1.53. The summed E-state index contributed by atoms with van der Waals surface area (Å²) in [7, 11) is 0. The van der Waals surface area contributed by atoms with Crippen LogP contribution in [0.2, 0.25) is 0 Å². The predicted molar refractivity (Wildman–Crippen MR) is 93.0 cm³/mol. The van der Waals surface area contributed by atoms with Crippen LogP contribution in [0, 0.1) is 16.6 Å². The van der Waals surface area contributed by atoms with Gasteiger partial charge in [0.15, 0.2) is 6.61 Å². The van der Waals surface area contributed by atoms with Gasteiger partial charge in [0.05, 0.1) is 0 Å². The van der Waals surface area contributed by atoms with Crippen molar-refractivity contribution in [2.75, 3.05) is 37.7 Å². The molecule has 2 heterocycles. The van der Waals surface area contributed by atoms with Crippen LogP contribution in [0.5, 0.6) is 5.75 Å². The fourth-order valence-electron chi connectivity index (χ4n) is 2.65. The summed E-state index contributed by atoms with van der Waals surface area (Å²) < 4.78 is 19.4. The van der Waals surface area contributed by atoms with Crippen molar-refractivity contribution in [1.29, 1.82) is 10.8 Å². The van der Waals surface area contributed by atoms with Crippen LogP contribution in [0.25, 0.3) is 0 Å². The molecule has 1 aromatic heterocycles. The summed E-state index contributed by atoms with van der Waals surface area (Å²) in [5.41, 5.74) is 0.135. The van der Waals surface area contributed by atoms with Crippen molar-refractivity contribution < 1.29 is 13.9 Å². The first-order chi connectivity index (χ1) is 12.6. The van der Waals surface area contributed by atoms with Gasteiger partial charge in [-0.3, -0.25) is 15.6 Å². The van der Waals surface area contributed by atoms with Crippen molar-refractivity contribution in [3.8, 4) is 5.75 Å². The average molecular weight is 358 g/mol. The van der Waals surface area contributed by atoms with Crippen LogP contribution in [0.15, 0.2) is 36.4 Å². The van der Waals surface area contributed by atoms with E-state index in [0.29, 0.717) is 37.7 Å². The van der Waals surface area contributed by atoms with Crippen LogP contribution < -0.4 is 15.1 Å². The highest BCUT2D eigenvalue weighted by atomic mass is 19.1. The molecule has 1 aliphatic rings. The molecule has 3 rings (SSSR count). The number of nitrogens with one attached hydrogen (secondary N) is 2.